The van der Waals surface area contributed by atoms with E-state index < -0.39 is 11.7 Å². The first kappa shape index (κ1) is 21.5. The van der Waals surface area contributed by atoms with Crippen molar-refractivity contribution in [1.82, 2.24) is 14.5 Å². The standard InChI is InChI=1S/C23H27N3O4/c1-4-16-10-6-8-12-19(16)26-22(28)17-11-7-9-13-20(17)25(23(26)29)18(5-2)21(27)24-14-15-30-3/h6-13,18H,4-5,14-15H2,1-3H3,(H,24,27). The van der Waals surface area contributed by atoms with Crippen LogP contribution in [-0.4, -0.2) is 35.3 Å². The van der Waals surface area contributed by atoms with E-state index in [4.69, 9.17) is 4.74 Å². The normalized spacial score (nSPS) is 12.1. The van der Waals surface area contributed by atoms with E-state index in [1.807, 2.05) is 26.0 Å². The molecule has 0 saturated heterocycles. The van der Waals surface area contributed by atoms with Crippen LogP contribution in [0.25, 0.3) is 16.6 Å². The minimum atomic E-state index is -0.750. The number of methoxy groups -OCH3 is 1. The molecule has 30 heavy (non-hydrogen) atoms. The van der Waals surface area contributed by atoms with Crippen LogP contribution in [0.1, 0.15) is 31.9 Å². The van der Waals surface area contributed by atoms with Crippen LogP contribution in [0, 0.1) is 0 Å². The average molecular weight is 409 g/mol. The largest absolute Gasteiger partial charge is 0.383 e. The van der Waals surface area contributed by atoms with E-state index in [0.29, 0.717) is 42.6 Å². The molecular formula is C23H27N3O4. The zero-order chi connectivity index (χ0) is 21.7. The summed E-state index contributed by atoms with van der Waals surface area (Å²) in [4.78, 5) is 39.8. The molecule has 2 aromatic carbocycles. The Kier molecular flexibility index (Phi) is 6.84. The summed E-state index contributed by atoms with van der Waals surface area (Å²) < 4.78 is 7.62. The van der Waals surface area contributed by atoms with E-state index >= 15 is 0 Å². The zero-order valence-corrected chi connectivity index (χ0v) is 17.6. The average Bonchev–Trinajstić information content (AvgIpc) is 2.77. The molecule has 0 bridgehead atoms. The first-order chi connectivity index (χ1) is 14.5. The van der Waals surface area contributed by atoms with E-state index in [0.717, 1.165) is 5.56 Å². The minimum Gasteiger partial charge on any atom is -0.383 e. The highest BCUT2D eigenvalue weighted by Gasteiger charge is 2.25. The number of carbonyl (C=O) groups excluding carboxylic acids is 1. The van der Waals surface area contributed by atoms with Gasteiger partial charge in [-0.3, -0.25) is 14.2 Å². The van der Waals surface area contributed by atoms with Crippen LogP contribution in [0.5, 0.6) is 0 Å². The number of para-hydroxylation sites is 2. The SMILES string of the molecule is CCc1ccccc1-n1c(=O)c2ccccc2n(C(CC)C(=O)NCCOC)c1=O. The fourth-order valence-corrected chi connectivity index (χ4v) is 3.70. The molecular weight excluding hydrogens is 382 g/mol. The van der Waals surface area contributed by atoms with Crippen molar-refractivity contribution in [2.24, 2.45) is 0 Å². The highest BCUT2D eigenvalue weighted by Crippen LogP contribution is 2.19. The lowest BCUT2D eigenvalue weighted by molar-refractivity contribution is -0.124. The zero-order valence-electron chi connectivity index (χ0n) is 17.6. The van der Waals surface area contributed by atoms with Crippen molar-refractivity contribution in [3.8, 4) is 5.69 Å². The minimum absolute atomic E-state index is 0.282. The Hall–Kier alpha value is -3.19. The molecule has 1 unspecified atom stereocenters. The molecule has 3 rings (SSSR count). The molecule has 0 aliphatic rings. The van der Waals surface area contributed by atoms with Gasteiger partial charge in [-0.2, -0.15) is 0 Å². The number of hydrogen-bond acceptors (Lipinski definition) is 4. The number of nitrogens with one attached hydrogen (secondary N) is 1. The molecule has 7 nitrogen and oxygen atoms in total. The fraction of sp³-hybridized carbons (Fsp3) is 0.348. The van der Waals surface area contributed by atoms with E-state index in [9.17, 15) is 14.4 Å². The smallest absolute Gasteiger partial charge is 0.336 e. The van der Waals surface area contributed by atoms with Gasteiger partial charge in [-0.1, -0.05) is 44.2 Å². The number of aromatic nitrogens is 2. The summed E-state index contributed by atoms with van der Waals surface area (Å²) in [5, 5.41) is 3.20. The van der Waals surface area contributed by atoms with Gasteiger partial charge in [-0.05, 0) is 36.6 Å². The number of amides is 1. The Morgan fingerprint density at radius 2 is 1.77 bits per heavy atom. The van der Waals surface area contributed by atoms with Crippen molar-refractivity contribution >= 4 is 16.8 Å². The topological polar surface area (TPSA) is 82.3 Å². The molecule has 3 aromatic rings. The predicted molar refractivity (Wildman–Crippen MR) is 117 cm³/mol. The fourth-order valence-electron chi connectivity index (χ4n) is 3.70. The first-order valence-corrected chi connectivity index (χ1v) is 10.2. The van der Waals surface area contributed by atoms with Crippen molar-refractivity contribution in [3.63, 3.8) is 0 Å². The second-order valence-electron chi connectivity index (χ2n) is 7.00. The molecule has 1 N–H and O–H groups in total. The van der Waals surface area contributed by atoms with Gasteiger partial charge in [-0.15, -0.1) is 0 Å². The van der Waals surface area contributed by atoms with Gasteiger partial charge in [0.2, 0.25) is 5.91 Å². The Balaban J connectivity index is 2.30. The summed E-state index contributed by atoms with van der Waals surface area (Å²) in [6, 6.07) is 13.5. The molecule has 0 fully saturated rings. The number of rotatable bonds is 8. The summed E-state index contributed by atoms with van der Waals surface area (Å²) in [6.45, 7) is 4.54. The number of ether oxygens (including phenoxy) is 1. The lowest BCUT2D eigenvalue weighted by Gasteiger charge is -2.22. The summed E-state index contributed by atoms with van der Waals surface area (Å²) in [5.74, 6) is -0.282. The van der Waals surface area contributed by atoms with Gasteiger partial charge in [0.05, 0.1) is 23.2 Å². The van der Waals surface area contributed by atoms with E-state index in [1.54, 1.807) is 43.5 Å². The molecule has 0 saturated carbocycles. The first-order valence-electron chi connectivity index (χ1n) is 10.2. The van der Waals surface area contributed by atoms with Gasteiger partial charge < -0.3 is 10.1 Å². The third kappa shape index (κ3) is 3.93. The molecule has 7 heteroatoms. The number of nitrogens with zero attached hydrogens (tertiary/aromatic N) is 2. The van der Waals surface area contributed by atoms with Crippen molar-refractivity contribution in [1.29, 1.82) is 0 Å². The second-order valence-corrected chi connectivity index (χ2v) is 7.00. The van der Waals surface area contributed by atoms with E-state index in [2.05, 4.69) is 5.32 Å². The van der Waals surface area contributed by atoms with Crippen LogP contribution in [0.15, 0.2) is 58.1 Å². The van der Waals surface area contributed by atoms with Crippen molar-refractivity contribution < 1.29 is 9.53 Å². The quantitative estimate of drug-likeness (QED) is 0.580. The third-order valence-electron chi connectivity index (χ3n) is 5.21. The maximum Gasteiger partial charge on any atom is 0.336 e. The second kappa shape index (κ2) is 9.54. The van der Waals surface area contributed by atoms with E-state index in [-0.39, 0.29) is 11.5 Å². The predicted octanol–water partition coefficient (Wildman–Crippen LogP) is 2.43. The van der Waals surface area contributed by atoms with Crippen LogP contribution >= 0.6 is 0 Å². The van der Waals surface area contributed by atoms with E-state index in [1.165, 1.54) is 9.13 Å². The Labute approximate surface area is 174 Å². The maximum absolute atomic E-state index is 13.6. The molecule has 0 aliphatic heterocycles. The van der Waals surface area contributed by atoms with Crippen molar-refractivity contribution in [2.75, 3.05) is 20.3 Å². The van der Waals surface area contributed by atoms with Crippen LogP contribution in [-0.2, 0) is 16.0 Å². The van der Waals surface area contributed by atoms with Gasteiger partial charge in [0.1, 0.15) is 6.04 Å². The molecule has 1 amide bonds. The summed E-state index contributed by atoms with van der Waals surface area (Å²) >= 11 is 0. The number of hydrogen-bond donors (Lipinski definition) is 1. The number of aryl methyl sites for hydroxylation is 1. The Morgan fingerprint density at radius 1 is 1.07 bits per heavy atom. The monoisotopic (exact) mass is 409 g/mol. The summed E-state index contributed by atoms with van der Waals surface area (Å²) in [7, 11) is 1.56. The Bertz CT molecular complexity index is 1160. The molecule has 0 aliphatic carbocycles. The van der Waals surface area contributed by atoms with Gasteiger partial charge in [0, 0.05) is 13.7 Å². The summed E-state index contributed by atoms with van der Waals surface area (Å²) in [5.41, 5.74) is 0.975. The van der Waals surface area contributed by atoms with Crippen molar-refractivity contribution in [3.05, 3.63) is 74.9 Å². The number of fused-ring (bicyclic) bond motifs is 1. The molecule has 1 aromatic heterocycles. The molecule has 1 atom stereocenters. The lowest BCUT2D eigenvalue weighted by atomic mass is 10.1. The lowest BCUT2D eigenvalue weighted by Crippen LogP contribution is -2.45. The van der Waals surface area contributed by atoms with Gasteiger partial charge in [0.15, 0.2) is 0 Å². The molecule has 158 valence electrons. The maximum atomic E-state index is 13.6. The number of benzene rings is 2. The van der Waals surface area contributed by atoms with Gasteiger partial charge in [-0.25, -0.2) is 9.36 Å². The number of carbonyl (C=O) groups is 1. The van der Waals surface area contributed by atoms with Crippen LogP contribution < -0.4 is 16.6 Å². The summed E-state index contributed by atoms with van der Waals surface area (Å²) in [6.07, 6.45) is 1.07. The Morgan fingerprint density at radius 3 is 2.47 bits per heavy atom. The highest BCUT2D eigenvalue weighted by atomic mass is 16.5. The van der Waals surface area contributed by atoms with Crippen molar-refractivity contribution in [2.45, 2.75) is 32.7 Å². The molecule has 0 radical (unpaired) electrons. The molecule has 1 heterocycles. The van der Waals surface area contributed by atoms with Crippen LogP contribution in [0.2, 0.25) is 0 Å². The van der Waals surface area contributed by atoms with Gasteiger partial charge >= 0.3 is 5.69 Å². The van der Waals surface area contributed by atoms with Crippen LogP contribution in [0.3, 0.4) is 0 Å². The third-order valence-corrected chi connectivity index (χ3v) is 5.21. The van der Waals surface area contributed by atoms with Crippen LogP contribution in [0.4, 0.5) is 0 Å². The van der Waals surface area contributed by atoms with Gasteiger partial charge in [0.25, 0.3) is 5.56 Å². The highest BCUT2D eigenvalue weighted by molar-refractivity contribution is 5.84. The molecule has 0 spiro atoms.